The molecule has 45 heavy (non-hydrogen) atoms. The molecule has 15 heteroatoms. The second kappa shape index (κ2) is 14.2. The van der Waals surface area contributed by atoms with E-state index in [-0.39, 0.29) is 16.6 Å². The third-order valence-electron chi connectivity index (χ3n) is 6.80. The van der Waals surface area contributed by atoms with Crippen LogP contribution >= 0.6 is 0 Å². The van der Waals surface area contributed by atoms with E-state index in [4.69, 9.17) is 9.47 Å². The quantitative estimate of drug-likeness (QED) is 0.208. The fourth-order valence-electron chi connectivity index (χ4n) is 4.70. The number of aromatic nitrogens is 2. The van der Waals surface area contributed by atoms with Crippen molar-refractivity contribution in [1.82, 2.24) is 20.0 Å². The van der Waals surface area contributed by atoms with E-state index in [1.54, 1.807) is 44.1 Å². The summed E-state index contributed by atoms with van der Waals surface area (Å²) in [7, 11) is -2.86. The van der Waals surface area contributed by atoms with Crippen LogP contribution in [0.1, 0.15) is 50.4 Å². The van der Waals surface area contributed by atoms with Crippen molar-refractivity contribution in [1.29, 1.82) is 0 Å². The second-order valence-electron chi connectivity index (χ2n) is 11.4. The van der Waals surface area contributed by atoms with E-state index in [2.05, 4.69) is 25.3 Å². The number of piperidine rings is 1. The molecule has 0 aliphatic carbocycles. The number of anilines is 2. The maximum atomic E-state index is 15.3. The summed E-state index contributed by atoms with van der Waals surface area (Å²) in [6.45, 7) is 5.69. The van der Waals surface area contributed by atoms with E-state index in [1.807, 2.05) is 0 Å². The summed E-state index contributed by atoms with van der Waals surface area (Å²) < 4.78 is 69.4. The van der Waals surface area contributed by atoms with Gasteiger partial charge in [-0.25, -0.2) is 27.2 Å². The summed E-state index contributed by atoms with van der Waals surface area (Å²) >= 11 is 0. The molecule has 0 radical (unpaired) electrons. The highest BCUT2D eigenvalue weighted by Gasteiger charge is 2.30. The summed E-state index contributed by atoms with van der Waals surface area (Å²) in [5.41, 5.74) is -1.57. The van der Waals surface area contributed by atoms with Crippen molar-refractivity contribution >= 4 is 33.5 Å². The van der Waals surface area contributed by atoms with Crippen LogP contribution in [0.2, 0.25) is 0 Å². The smallest absolute Gasteiger partial charge is 0.309 e. The zero-order valence-corrected chi connectivity index (χ0v) is 26.2. The Bertz CT molecular complexity index is 1600. The number of halogens is 2. The summed E-state index contributed by atoms with van der Waals surface area (Å²) in [6.07, 6.45) is 2.29. The van der Waals surface area contributed by atoms with Crippen molar-refractivity contribution in [2.24, 2.45) is 0 Å². The van der Waals surface area contributed by atoms with Gasteiger partial charge in [0.2, 0.25) is 16.0 Å². The SMILES string of the molecule is COc1ccc(S(=O)(=O)NC(CC(=O)OC(C)(C)C)NC(=O)c2ccc(N3CCC(Nc4ncccn4)CC3)c(F)c2F)cc1. The molecule has 2 heterocycles. The lowest BCUT2D eigenvalue weighted by molar-refractivity contribution is -0.155. The number of esters is 1. The zero-order chi connectivity index (χ0) is 32.8. The van der Waals surface area contributed by atoms with E-state index < -0.39 is 57.3 Å². The van der Waals surface area contributed by atoms with Gasteiger partial charge >= 0.3 is 5.97 Å². The van der Waals surface area contributed by atoms with Crippen LogP contribution in [0.25, 0.3) is 0 Å². The molecule has 3 aromatic rings. The largest absolute Gasteiger partial charge is 0.497 e. The molecule has 0 bridgehead atoms. The minimum absolute atomic E-state index is 0.0102. The van der Waals surface area contributed by atoms with Crippen molar-refractivity contribution in [3.63, 3.8) is 0 Å². The van der Waals surface area contributed by atoms with Crippen LogP contribution in [-0.4, -0.2) is 68.3 Å². The van der Waals surface area contributed by atoms with Gasteiger partial charge < -0.3 is 25.0 Å². The fourth-order valence-corrected chi connectivity index (χ4v) is 5.85. The highest BCUT2D eigenvalue weighted by Crippen LogP contribution is 2.28. The maximum absolute atomic E-state index is 15.3. The van der Waals surface area contributed by atoms with E-state index in [0.717, 1.165) is 6.07 Å². The second-order valence-corrected chi connectivity index (χ2v) is 13.1. The number of sulfonamides is 1. The Balaban J connectivity index is 1.48. The molecule has 1 amide bonds. The number of hydrogen-bond acceptors (Lipinski definition) is 10. The molecule has 1 aromatic heterocycles. The number of nitrogens with zero attached hydrogens (tertiary/aromatic N) is 3. The number of nitrogens with one attached hydrogen (secondary N) is 3. The molecule has 1 unspecified atom stereocenters. The molecule has 1 aliphatic rings. The van der Waals surface area contributed by atoms with Crippen LogP contribution < -0.4 is 25.0 Å². The van der Waals surface area contributed by atoms with E-state index in [9.17, 15) is 18.0 Å². The molecular formula is C30H36F2N6O6S. The van der Waals surface area contributed by atoms with Crippen LogP contribution in [0.4, 0.5) is 20.4 Å². The van der Waals surface area contributed by atoms with Crippen LogP contribution in [0, 0.1) is 11.6 Å². The van der Waals surface area contributed by atoms with Gasteiger partial charge in [-0.2, -0.15) is 4.72 Å². The Kier molecular flexibility index (Phi) is 10.5. The van der Waals surface area contributed by atoms with Crippen molar-refractivity contribution in [2.75, 3.05) is 30.4 Å². The molecule has 3 N–H and O–H groups in total. The molecule has 0 spiro atoms. The number of ether oxygens (including phenoxy) is 2. The molecule has 242 valence electrons. The van der Waals surface area contributed by atoms with E-state index >= 15 is 8.78 Å². The number of carbonyl (C=O) groups is 2. The average molecular weight is 647 g/mol. The van der Waals surface area contributed by atoms with Crippen LogP contribution in [-0.2, 0) is 19.6 Å². The summed E-state index contributed by atoms with van der Waals surface area (Å²) in [4.78, 5) is 35.5. The van der Waals surface area contributed by atoms with Crippen molar-refractivity contribution in [3.8, 4) is 5.75 Å². The summed E-state index contributed by atoms with van der Waals surface area (Å²) in [5.74, 6) is -3.69. The molecule has 1 saturated heterocycles. The lowest BCUT2D eigenvalue weighted by Gasteiger charge is -2.34. The van der Waals surface area contributed by atoms with Crippen molar-refractivity contribution < 1.29 is 36.3 Å². The molecule has 4 rings (SSSR count). The molecule has 1 fully saturated rings. The highest BCUT2D eigenvalue weighted by molar-refractivity contribution is 7.89. The van der Waals surface area contributed by atoms with E-state index in [1.165, 1.54) is 37.4 Å². The predicted octanol–water partition coefficient (Wildman–Crippen LogP) is 3.61. The first kappa shape index (κ1) is 33.5. The Morgan fingerprint density at radius 3 is 2.27 bits per heavy atom. The Hall–Kier alpha value is -4.37. The Morgan fingerprint density at radius 2 is 1.67 bits per heavy atom. The van der Waals surface area contributed by atoms with Gasteiger partial charge in [-0.05, 0) is 76.1 Å². The molecular weight excluding hydrogens is 610 g/mol. The molecule has 2 aromatic carbocycles. The van der Waals surface area contributed by atoms with Crippen LogP contribution in [0.5, 0.6) is 5.75 Å². The van der Waals surface area contributed by atoms with Gasteiger partial charge in [-0.15, -0.1) is 0 Å². The van der Waals surface area contributed by atoms with Gasteiger partial charge in [0.1, 0.15) is 17.5 Å². The van der Waals surface area contributed by atoms with Crippen molar-refractivity contribution in [2.45, 2.75) is 62.7 Å². The number of rotatable bonds is 11. The minimum atomic E-state index is -4.28. The van der Waals surface area contributed by atoms with Crippen LogP contribution in [0.15, 0.2) is 59.8 Å². The fraction of sp³-hybridized carbons (Fsp3) is 0.400. The third-order valence-corrected chi connectivity index (χ3v) is 8.29. The minimum Gasteiger partial charge on any atom is -0.497 e. The summed E-state index contributed by atoms with van der Waals surface area (Å²) in [6, 6.07) is 9.56. The average Bonchev–Trinajstić information content (AvgIpc) is 2.98. The predicted molar refractivity (Wildman–Crippen MR) is 162 cm³/mol. The zero-order valence-electron chi connectivity index (χ0n) is 25.3. The van der Waals surface area contributed by atoms with Crippen molar-refractivity contribution in [3.05, 3.63) is 72.1 Å². The number of benzene rings is 2. The topological polar surface area (TPSA) is 152 Å². The number of methoxy groups -OCH3 is 1. The molecule has 1 atom stereocenters. The van der Waals surface area contributed by atoms with Gasteiger partial charge in [-0.1, -0.05) is 0 Å². The normalized spacial score (nSPS) is 14.8. The van der Waals surface area contributed by atoms with Gasteiger partial charge in [0.25, 0.3) is 5.91 Å². The highest BCUT2D eigenvalue weighted by atomic mass is 32.2. The number of amides is 1. The Morgan fingerprint density at radius 1 is 1.02 bits per heavy atom. The lowest BCUT2D eigenvalue weighted by atomic mass is 10.0. The third kappa shape index (κ3) is 9.08. The van der Waals surface area contributed by atoms with E-state index in [0.29, 0.717) is 37.6 Å². The standard InChI is InChI=1S/C30H36F2N6O6S/c1-30(2,3)44-25(39)18-24(37-45(41,42)21-8-6-20(43-4)7-9-21)36-28(40)22-10-11-23(27(32)26(22)31)38-16-12-19(13-17-38)35-29-33-14-5-15-34-29/h5-11,14-15,19,24,37H,12-13,16-18H2,1-4H3,(H,36,40)(H,33,34,35). The molecule has 12 nitrogen and oxygen atoms in total. The monoisotopic (exact) mass is 646 g/mol. The first-order valence-corrected chi connectivity index (χ1v) is 15.7. The van der Waals surface area contributed by atoms with Crippen LogP contribution in [0.3, 0.4) is 0 Å². The van der Waals surface area contributed by atoms with Gasteiger partial charge in [0.05, 0.1) is 29.7 Å². The maximum Gasteiger partial charge on any atom is 0.309 e. The van der Waals surface area contributed by atoms with Gasteiger partial charge in [0, 0.05) is 31.5 Å². The van der Waals surface area contributed by atoms with Gasteiger partial charge in [-0.3, -0.25) is 9.59 Å². The lowest BCUT2D eigenvalue weighted by Crippen LogP contribution is -2.49. The molecule has 1 aliphatic heterocycles. The van der Waals surface area contributed by atoms with Gasteiger partial charge in [0.15, 0.2) is 11.6 Å². The Labute approximate surface area is 260 Å². The first-order valence-electron chi connectivity index (χ1n) is 14.2. The number of hydrogen-bond donors (Lipinski definition) is 3. The number of carbonyl (C=O) groups excluding carboxylic acids is 2. The molecule has 0 saturated carbocycles. The first-order chi connectivity index (χ1) is 21.3. The summed E-state index contributed by atoms with van der Waals surface area (Å²) in [5, 5.41) is 5.52.